The molecule has 0 aliphatic carbocycles. The lowest BCUT2D eigenvalue weighted by atomic mass is 9.89. The van der Waals surface area contributed by atoms with Crippen molar-refractivity contribution in [1.82, 2.24) is 0 Å². The molecule has 0 saturated carbocycles. The van der Waals surface area contributed by atoms with Crippen molar-refractivity contribution in [2.75, 3.05) is 0 Å². The van der Waals surface area contributed by atoms with Crippen LogP contribution in [-0.2, 0) is 4.79 Å². The first-order valence-corrected chi connectivity index (χ1v) is 6.04. The molecule has 0 amide bonds. The number of carbonyl (C=O) groups excluding carboxylic acids is 1. The van der Waals surface area contributed by atoms with Crippen molar-refractivity contribution >= 4 is 5.78 Å². The largest absolute Gasteiger partial charge is 0.294 e. The fraction of sp³-hybridized carbons (Fsp3) is 0.118. The first-order valence-electron chi connectivity index (χ1n) is 6.04. The van der Waals surface area contributed by atoms with Crippen LogP contribution in [0.1, 0.15) is 18.4 Å². The van der Waals surface area contributed by atoms with Gasteiger partial charge in [-0.2, -0.15) is 0 Å². The highest BCUT2D eigenvalue weighted by Gasteiger charge is 2.16. The smallest absolute Gasteiger partial charge is 0.162 e. The van der Waals surface area contributed by atoms with Crippen LogP contribution in [-0.4, -0.2) is 5.78 Å². The predicted octanol–water partition coefficient (Wildman–Crippen LogP) is 4.21. The van der Waals surface area contributed by atoms with Crippen molar-refractivity contribution in [3.63, 3.8) is 0 Å². The first-order chi connectivity index (χ1) is 8.74. The number of rotatable bonds is 4. The monoisotopic (exact) mass is 236 g/mol. The Kier molecular flexibility index (Phi) is 3.73. The van der Waals surface area contributed by atoms with Crippen LogP contribution in [0.4, 0.5) is 0 Å². The molecule has 0 heterocycles. The van der Waals surface area contributed by atoms with E-state index < -0.39 is 0 Å². The fourth-order valence-corrected chi connectivity index (χ4v) is 2.09. The minimum absolute atomic E-state index is 0.0541. The average molecular weight is 236 g/mol. The van der Waals surface area contributed by atoms with Gasteiger partial charge in [-0.1, -0.05) is 68.1 Å². The van der Waals surface area contributed by atoms with Crippen LogP contribution in [0, 0.1) is 0 Å². The molecular weight excluding hydrogens is 220 g/mol. The molecular formula is C17H16O. The van der Waals surface area contributed by atoms with Gasteiger partial charge in [0.25, 0.3) is 0 Å². The van der Waals surface area contributed by atoms with Crippen LogP contribution >= 0.6 is 0 Å². The molecule has 1 unspecified atom stereocenters. The van der Waals surface area contributed by atoms with E-state index in [4.69, 9.17) is 0 Å². The molecule has 0 fully saturated rings. The first kappa shape index (κ1) is 12.3. The van der Waals surface area contributed by atoms with E-state index in [-0.39, 0.29) is 11.7 Å². The Bertz CT molecular complexity index is 555. The van der Waals surface area contributed by atoms with Gasteiger partial charge in [0.05, 0.1) is 0 Å². The molecule has 2 aromatic carbocycles. The summed E-state index contributed by atoms with van der Waals surface area (Å²) in [4.78, 5) is 11.8. The van der Waals surface area contributed by atoms with Gasteiger partial charge in [-0.3, -0.25) is 4.79 Å². The lowest BCUT2D eigenvalue weighted by Crippen LogP contribution is -2.06. The number of hydrogen-bond donors (Lipinski definition) is 0. The van der Waals surface area contributed by atoms with Gasteiger partial charge < -0.3 is 0 Å². The second-order valence-corrected chi connectivity index (χ2v) is 4.28. The van der Waals surface area contributed by atoms with Crippen molar-refractivity contribution in [3.8, 4) is 11.1 Å². The summed E-state index contributed by atoms with van der Waals surface area (Å²) in [6.07, 6.45) is 1.40. The number of allylic oxidation sites excluding steroid dienone is 1. The van der Waals surface area contributed by atoms with Crippen molar-refractivity contribution < 1.29 is 4.79 Å². The fourth-order valence-electron chi connectivity index (χ4n) is 2.09. The Labute approximate surface area is 108 Å². The van der Waals surface area contributed by atoms with Gasteiger partial charge >= 0.3 is 0 Å². The van der Waals surface area contributed by atoms with Crippen molar-refractivity contribution in [2.45, 2.75) is 12.8 Å². The zero-order chi connectivity index (χ0) is 13.0. The summed E-state index contributed by atoms with van der Waals surface area (Å²) >= 11 is 0. The Hall–Kier alpha value is -2.15. The summed E-state index contributed by atoms with van der Waals surface area (Å²) in [5.41, 5.74) is 3.30. The highest BCUT2D eigenvalue weighted by atomic mass is 16.1. The second kappa shape index (κ2) is 5.46. The van der Waals surface area contributed by atoms with Crippen LogP contribution in [0.3, 0.4) is 0 Å². The molecule has 0 saturated heterocycles. The Morgan fingerprint density at radius 3 is 2.33 bits per heavy atom. The van der Waals surface area contributed by atoms with E-state index >= 15 is 0 Å². The van der Waals surface area contributed by atoms with Gasteiger partial charge in [-0.25, -0.2) is 0 Å². The van der Waals surface area contributed by atoms with E-state index in [0.29, 0.717) is 0 Å². The van der Waals surface area contributed by atoms with Crippen LogP contribution in [0.25, 0.3) is 11.1 Å². The number of benzene rings is 2. The minimum Gasteiger partial charge on any atom is -0.294 e. The zero-order valence-electron chi connectivity index (χ0n) is 10.5. The summed E-state index contributed by atoms with van der Waals surface area (Å²) in [5, 5.41) is 0. The normalized spacial score (nSPS) is 11.8. The molecule has 0 spiro atoms. The predicted molar refractivity (Wildman–Crippen MR) is 75.5 cm³/mol. The topological polar surface area (TPSA) is 17.1 Å². The Morgan fingerprint density at radius 2 is 1.67 bits per heavy atom. The minimum atomic E-state index is -0.154. The molecule has 18 heavy (non-hydrogen) atoms. The van der Waals surface area contributed by atoms with Gasteiger partial charge in [0.15, 0.2) is 5.78 Å². The van der Waals surface area contributed by atoms with Crippen LogP contribution in [0.5, 0.6) is 0 Å². The van der Waals surface area contributed by atoms with E-state index in [1.54, 1.807) is 0 Å². The van der Waals surface area contributed by atoms with Gasteiger partial charge in [0.2, 0.25) is 0 Å². The number of ketones is 1. The van der Waals surface area contributed by atoms with Crippen molar-refractivity contribution in [3.05, 3.63) is 72.8 Å². The van der Waals surface area contributed by atoms with Gasteiger partial charge in [-0.15, -0.1) is 0 Å². The maximum atomic E-state index is 11.8. The molecule has 2 aromatic rings. The SMILES string of the molecule is C=CC(=O)C(C)c1ccccc1-c1ccccc1. The second-order valence-electron chi connectivity index (χ2n) is 4.28. The molecule has 1 nitrogen and oxygen atoms in total. The summed E-state index contributed by atoms with van der Waals surface area (Å²) in [5.74, 6) is -0.0997. The molecule has 1 heteroatoms. The molecule has 0 aliphatic heterocycles. The van der Waals surface area contributed by atoms with Crippen LogP contribution < -0.4 is 0 Å². The Morgan fingerprint density at radius 1 is 1.06 bits per heavy atom. The number of carbonyl (C=O) groups is 1. The Balaban J connectivity index is 2.50. The molecule has 1 atom stereocenters. The van der Waals surface area contributed by atoms with E-state index in [0.717, 1.165) is 16.7 Å². The van der Waals surface area contributed by atoms with Gasteiger partial charge in [0.1, 0.15) is 0 Å². The third-order valence-corrected chi connectivity index (χ3v) is 3.14. The van der Waals surface area contributed by atoms with E-state index in [9.17, 15) is 4.79 Å². The van der Waals surface area contributed by atoms with Gasteiger partial charge in [0, 0.05) is 5.92 Å². The van der Waals surface area contributed by atoms with Crippen molar-refractivity contribution in [1.29, 1.82) is 0 Å². The maximum Gasteiger partial charge on any atom is 0.162 e. The van der Waals surface area contributed by atoms with Crippen LogP contribution in [0.15, 0.2) is 67.3 Å². The lowest BCUT2D eigenvalue weighted by Gasteiger charge is -2.14. The third kappa shape index (κ3) is 2.40. The molecule has 90 valence electrons. The molecule has 0 aromatic heterocycles. The van der Waals surface area contributed by atoms with E-state index in [1.807, 2.05) is 43.3 Å². The van der Waals surface area contributed by atoms with Crippen LogP contribution in [0.2, 0.25) is 0 Å². The van der Waals surface area contributed by atoms with E-state index in [1.165, 1.54) is 6.08 Å². The van der Waals surface area contributed by atoms with Gasteiger partial charge in [-0.05, 0) is 22.8 Å². The summed E-state index contributed by atoms with van der Waals surface area (Å²) < 4.78 is 0. The third-order valence-electron chi connectivity index (χ3n) is 3.14. The standard InChI is InChI=1S/C17H16O/c1-3-17(18)13(2)15-11-7-8-12-16(15)14-9-5-4-6-10-14/h3-13H,1H2,2H3. The zero-order valence-corrected chi connectivity index (χ0v) is 10.5. The average Bonchev–Trinajstić information content (AvgIpc) is 2.46. The highest BCUT2D eigenvalue weighted by molar-refractivity contribution is 5.96. The molecule has 0 N–H and O–H groups in total. The van der Waals surface area contributed by atoms with E-state index in [2.05, 4.69) is 24.8 Å². The lowest BCUT2D eigenvalue weighted by molar-refractivity contribution is -0.115. The summed E-state index contributed by atoms with van der Waals surface area (Å²) in [6.45, 7) is 5.48. The summed E-state index contributed by atoms with van der Waals surface area (Å²) in [7, 11) is 0. The summed E-state index contributed by atoms with van der Waals surface area (Å²) in [6, 6.07) is 18.1. The highest BCUT2D eigenvalue weighted by Crippen LogP contribution is 2.29. The molecule has 0 aliphatic rings. The maximum absolute atomic E-state index is 11.8. The van der Waals surface area contributed by atoms with Crippen molar-refractivity contribution in [2.24, 2.45) is 0 Å². The number of hydrogen-bond acceptors (Lipinski definition) is 1. The molecule has 0 bridgehead atoms. The quantitative estimate of drug-likeness (QED) is 0.727. The molecule has 0 radical (unpaired) electrons. The molecule has 2 rings (SSSR count).